The highest BCUT2D eigenvalue weighted by atomic mass is 35.5. The Labute approximate surface area is 141 Å². The molecule has 1 saturated carbocycles. The summed E-state index contributed by atoms with van der Waals surface area (Å²) in [5.74, 6) is 1.45. The van der Waals surface area contributed by atoms with E-state index in [0.29, 0.717) is 40.5 Å². The summed E-state index contributed by atoms with van der Waals surface area (Å²) < 4.78 is 16.0. The van der Waals surface area contributed by atoms with Gasteiger partial charge >= 0.3 is 5.97 Å². The summed E-state index contributed by atoms with van der Waals surface area (Å²) >= 11 is 6.14. The van der Waals surface area contributed by atoms with Crippen molar-refractivity contribution in [2.45, 2.75) is 27.7 Å². The van der Waals surface area contributed by atoms with Gasteiger partial charge in [0.05, 0.1) is 17.2 Å². The average molecular weight is 337 g/mol. The highest BCUT2D eigenvalue weighted by Crippen LogP contribution is 2.59. The van der Waals surface area contributed by atoms with Crippen LogP contribution in [0.2, 0.25) is 5.02 Å². The summed E-state index contributed by atoms with van der Waals surface area (Å²) in [7, 11) is 0. The third-order valence-corrected chi connectivity index (χ3v) is 5.04. The maximum atomic E-state index is 12.3. The number of esters is 1. The van der Waals surface area contributed by atoms with Crippen LogP contribution in [0.1, 0.15) is 38.1 Å². The fourth-order valence-corrected chi connectivity index (χ4v) is 3.34. The van der Waals surface area contributed by atoms with Crippen molar-refractivity contribution in [1.29, 1.82) is 0 Å². The Morgan fingerprint density at radius 3 is 2.65 bits per heavy atom. The van der Waals surface area contributed by atoms with Crippen LogP contribution < -0.4 is 9.47 Å². The Balaban J connectivity index is 1.66. The van der Waals surface area contributed by atoms with E-state index in [9.17, 15) is 4.79 Å². The van der Waals surface area contributed by atoms with E-state index in [1.54, 1.807) is 12.1 Å². The zero-order valence-corrected chi connectivity index (χ0v) is 14.6. The topological polar surface area (TPSA) is 44.8 Å². The van der Waals surface area contributed by atoms with Gasteiger partial charge in [-0.1, -0.05) is 37.1 Å². The van der Waals surface area contributed by atoms with Crippen molar-refractivity contribution in [2.75, 3.05) is 13.4 Å². The van der Waals surface area contributed by atoms with Crippen molar-refractivity contribution in [1.82, 2.24) is 0 Å². The third kappa shape index (κ3) is 3.05. The summed E-state index contributed by atoms with van der Waals surface area (Å²) in [6, 6.07) is 3.17. The summed E-state index contributed by atoms with van der Waals surface area (Å²) in [4.78, 5) is 12.3. The average Bonchev–Trinajstić information content (AvgIpc) is 2.82. The minimum Gasteiger partial charge on any atom is -0.462 e. The molecule has 5 heteroatoms. The maximum Gasteiger partial charge on any atom is 0.339 e. The molecule has 0 amide bonds. The van der Waals surface area contributed by atoms with E-state index in [1.165, 1.54) is 5.57 Å². The molecule has 1 aliphatic carbocycles. The molecule has 3 rings (SSSR count). The first kappa shape index (κ1) is 16.2. The summed E-state index contributed by atoms with van der Waals surface area (Å²) in [5.41, 5.74) is 1.76. The van der Waals surface area contributed by atoms with E-state index in [1.807, 2.05) is 0 Å². The molecule has 4 nitrogen and oxygen atoms in total. The summed E-state index contributed by atoms with van der Waals surface area (Å²) in [6.07, 6.45) is 2.26. The van der Waals surface area contributed by atoms with Crippen LogP contribution >= 0.6 is 11.6 Å². The monoisotopic (exact) mass is 336 g/mol. The Kier molecular flexibility index (Phi) is 4.05. The van der Waals surface area contributed by atoms with Crippen LogP contribution in [0.4, 0.5) is 0 Å². The number of halogens is 1. The van der Waals surface area contributed by atoms with Gasteiger partial charge in [0.25, 0.3) is 0 Å². The minimum atomic E-state index is -0.424. The molecular weight excluding hydrogens is 316 g/mol. The standard InChI is InChI=1S/C18H21ClO4/c1-10(2)5-12-13(18(12,3)4)8-21-17(20)11-6-15-16(7-14(11)19)23-9-22-15/h5-7,12-13H,8-9H2,1-4H3/t12-,13+/m0/s1. The number of carbonyl (C=O) groups excluding carboxylic acids is 1. The molecule has 0 aromatic heterocycles. The van der Waals surface area contributed by atoms with E-state index in [2.05, 4.69) is 33.8 Å². The van der Waals surface area contributed by atoms with E-state index in [4.69, 9.17) is 25.8 Å². The Morgan fingerprint density at radius 2 is 2.00 bits per heavy atom. The largest absolute Gasteiger partial charge is 0.462 e. The van der Waals surface area contributed by atoms with Crippen molar-refractivity contribution in [3.05, 3.63) is 34.4 Å². The van der Waals surface area contributed by atoms with Crippen LogP contribution in [0, 0.1) is 17.3 Å². The molecule has 0 saturated heterocycles. The van der Waals surface area contributed by atoms with E-state index < -0.39 is 5.97 Å². The number of benzene rings is 1. The SMILES string of the molecule is CC(C)=C[C@H]1[C@@H](COC(=O)c2cc3c(cc2Cl)OCO3)C1(C)C. The molecule has 23 heavy (non-hydrogen) atoms. The smallest absolute Gasteiger partial charge is 0.339 e. The number of fused-ring (bicyclic) bond motifs is 1. The first-order valence-electron chi connectivity index (χ1n) is 7.72. The van der Waals surface area contributed by atoms with Crippen LogP contribution in [0.25, 0.3) is 0 Å². The molecule has 1 fully saturated rings. The second kappa shape index (κ2) is 5.75. The van der Waals surface area contributed by atoms with Crippen molar-refractivity contribution < 1.29 is 19.0 Å². The summed E-state index contributed by atoms with van der Waals surface area (Å²) in [6.45, 7) is 9.11. The zero-order chi connectivity index (χ0) is 16.8. The lowest BCUT2D eigenvalue weighted by Gasteiger charge is -2.08. The zero-order valence-electron chi connectivity index (χ0n) is 13.8. The lowest BCUT2D eigenvalue weighted by atomic mass is 10.1. The first-order valence-corrected chi connectivity index (χ1v) is 8.10. The van der Waals surface area contributed by atoms with Crippen molar-refractivity contribution in [3.63, 3.8) is 0 Å². The van der Waals surface area contributed by atoms with Gasteiger partial charge in [0.15, 0.2) is 11.5 Å². The van der Waals surface area contributed by atoms with Gasteiger partial charge in [-0.3, -0.25) is 0 Å². The van der Waals surface area contributed by atoms with Crippen LogP contribution in [0.3, 0.4) is 0 Å². The van der Waals surface area contributed by atoms with Crippen molar-refractivity contribution in [3.8, 4) is 11.5 Å². The van der Waals surface area contributed by atoms with Crippen molar-refractivity contribution in [2.24, 2.45) is 17.3 Å². The van der Waals surface area contributed by atoms with Crippen LogP contribution in [-0.4, -0.2) is 19.4 Å². The van der Waals surface area contributed by atoms with E-state index in [-0.39, 0.29) is 12.2 Å². The normalized spacial score (nSPS) is 23.3. The molecule has 0 spiro atoms. The molecule has 1 aromatic rings. The summed E-state index contributed by atoms with van der Waals surface area (Å²) in [5, 5.41) is 0.315. The number of ether oxygens (including phenoxy) is 3. The van der Waals surface area contributed by atoms with Gasteiger partial charge in [0.1, 0.15) is 0 Å². The lowest BCUT2D eigenvalue weighted by molar-refractivity contribution is 0.0471. The molecule has 1 aromatic carbocycles. The third-order valence-electron chi connectivity index (χ3n) is 4.73. The molecule has 0 unspecified atom stereocenters. The quantitative estimate of drug-likeness (QED) is 0.601. The van der Waals surface area contributed by atoms with Gasteiger partial charge < -0.3 is 14.2 Å². The molecule has 0 N–H and O–H groups in total. The number of rotatable bonds is 4. The van der Waals surface area contributed by atoms with Gasteiger partial charge in [0.2, 0.25) is 6.79 Å². The van der Waals surface area contributed by atoms with E-state index in [0.717, 1.165) is 0 Å². The molecular formula is C18H21ClO4. The molecule has 1 heterocycles. The Bertz CT molecular complexity index is 674. The fourth-order valence-electron chi connectivity index (χ4n) is 3.11. The maximum absolute atomic E-state index is 12.3. The number of carbonyl (C=O) groups is 1. The lowest BCUT2D eigenvalue weighted by Crippen LogP contribution is -2.10. The van der Waals surface area contributed by atoms with Crippen LogP contribution in [-0.2, 0) is 4.74 Å². The fraction of sp³-hybridized carbons (Fsp3) is 0.500. The second-order valence-corrected chi connectivity index (χ2v) is 7.39. The van der Waals surface area contributed by atoms with Crippen LogP contribution in [0.15, 0.2) is 23.8 Å². The van der Waals surface area contributed by atoms with Gasteiger partial charge in [-0.25, -0.2) is 4.79 Å². The van der Waals surface area contributed by atoms with Gasteiger partial charge in [-0.05, 0) is 25.2 Å². The molecule has 2 aliphatic rings. The number of allylic oxidation sites excluding steroid dienone is 2. The molecule has 124 valence electrons. The highest BCUT2D eigenvalue weighted by Gasteiger charge is 2.56. The van der Waals surface area contributed by atoms with Crippen LogP contribution in [0.5, 0.6) is 11.5 Å². The Morgan fingerprint density at radius 1 is 1.35 bits per heavy atom. The Hall–Kier alpha value is -1.68. The molecule has 0 bridgehead atoms. The van der Waals surface area contributed by atoms with Crippen molar-refractivity contribution >= 4 is 17.6 Å². The predicted octanol–water partition coefficient (Wildman–Crippen LogP) is 4.46. The minimum absolute atomic E-state index is 0.144. The van der Waals surface area contributed by atoms with Gasteiger partial charge in [-0.2, -0.15) is 0 Å². The molecule has 2 atom stereocenters. The van der Waals surface area contributed by atoms with Gasteiger partial charge in [0, 0.05) is 18.1 Å². The highest BCUT2D eigenvalue weighted by molar-refractivity contribution is 6.33. The first-order chi connectivity index (χ1) is 10.8. The number of hydrogen-bond acceptors (Lipinski definition) is 4. The van der Waals surface area contributed by atoms with E-state index >= 15 is 0 Å². The predicted molar refractivity (Wildman–Crippen MR) is 88.0 cm³/mol. The number of hydrogen-bond donors (Lipinski definition) is 0. The molecule has 0 radical (unpaired) electrons. The van der Waals surface area contributed by atoms with Gasteiger partial charge in [-0.15, -0.1) is 0 Å². The second-order valence-electron chi connectivity index (χ2n) is 6.98. The molecule has 1 aliphatic heterocycles.